The van der Waals surface area contributed by atoms with E-state index in [0.717, 1.165) is 0 Å². The molecular formula is C23H22N2O5S. The van der Waals surface area contributed by atoms with E-state index in [0.29, 0.717) is 34.1 Å². The van der Waals surface area contributed by atoms with Crippen LogP contribution < -0.4 is 9.47 Å². The summed E-state index contributed by atoms with van der Waals surface area (Å²) in [5.41, 5.74) is 0.138. The predicted octanol–water partition coefficient (Wildman–Crippen LogP) is 3.44. The number of amides is 1. The molecule has 8 heteroatoms. The number of fused-ring (bicyclic) bond motifs is 1. The Balaban J connectivity index is 1.74. The third-order valence-electron chi connectivity index (χ3n) is 5.54. The summed E-state index contributed by atoms with van der Waals surface area (Å²) in [4.78, 5) is 14.6. The maximum atomic E-state index is 13.2. The minimum absolute atomic E-state index is 0.0127. The Morgan fingerprint density at radius 1 is 1.29 bits per heavy atom. The molecule has 0 saturated carbocycles. The van der Waals surface area contributed by atoms with E-state index in [1.807, 2.05) is 6.92 Å². The molecule has 160 valence electrons. The van der Waals surface area contributed by atoms with Gasteiger partial charge >= 0.3 is 0 Å². The second kappa shape index (κ2) is 8.17. The average Bonchev–Trinajstić information content (AvgIpc) is 3.14. The number of rotatable bonds is 5. The van der Waals surface area contributed by atoms with Crippen LogP contribution >= 0.6 is 11.8 Å². The summed E-state index contributed by atoms with van der Waals surface area (Å²) in [5.74, 6) is 0.417. The van der Waals surface area contributed by atoms with Gasteiger partial charge in [0.25, 0.3) is 0 Å². The monoisotopic (exact) mass is 438 g/mol. The van der Waals surface area contributed by atoms with Crippen LogP contribution in [0.3, 0.4) is 0 Å². The van der Waals surface area contributed by atoms with E-state index in [2.05, 4.69) is 6.07 Å². The molecule has 4 rings (SSSR count). The van der Waals surface area contributed by atoms with Crippen LogP contribution in [0.15, 0.2) is 53.1 Å². The molecule has 1 fully saturated rings. The molecule has 0 aromatic heterocycles. The molecule has 2 aromatic carbocycles. The number of phenols is 1. The van der Waals surface area contributed by atoms with Crippen LogP contribution in [0.25, 0.3) is 0 Å². The SMILES string of the molecule is CCOc1ccc(C2(O)CSC3=C(C#N)C(c4ccc(O)c(OC)c4)CC(=O)N32)cc1. The number of thioether (sulfide) groups is 1. The number of nitrogens with zero attached hydrogens (tertiary/aromatic N) is 2. The smallest absolute Gasteiger partial charge is 0.231 e. The van der Waals surface area contributed by atoms with Gasteiger partial charge in [-0.1, -0.05) is 18.2 Å². The van der Waals surface area contributed by atoms with E-state index >= 15 is 0 Å². The zero-order valence-corrected chi connectivity index (χ0v) is 18.0. The summed E-state index contributed by atoms with van der Waals surface area (Å²) in [5, 5.41) is 31.8. The third kappa shape index (κ3) is 3.50. The second-order valence-electron chi connectivity index (χ2n) is 7.31. The summed E-state index contributed by atoms with van der Waals surface area (Å²) in [6.45, 7) is 2.42. The second-order valence-corrected chi connectivity index (χ2v) is 8.27. The molecular weight excluding hydrogens is 416 g/mol. The van der Waals surface area contributed by atoms with E-state index < -0.39 is 11.6 Å². The lowest BCUT2D eigenvalue weighted by Gasteiger charge is -2.38. The Hall–Kier alpha value is -3.15. The molecule has 0 radical (unpaired) electrons. The molecule has 0 spiro atoms. The lowest BCUT2D eigenvalue weighted by Crippen LogP contribution is -2.48. The topological polar surface area (TPSA) is 103 Å². The van der Waals surface area contributed by atoms with E-state index in [1.165, 1.54) is 29.8 Å². The average molecular weight is 439 g/mol. The molecule has 2 atom stereocenters. The van der Waals surface area contributed by atoms with Crippen molar-refractivity contribution in [2.45, 2.75) is 25.0 Å². The van der Waals surface area contributed by atoms with E-state index in [9.17, 15) is 20.3 Å². The van der Waals surface area contributed by atoms with Gasteiger partial charge in [-0.05, 0) is 36.8 Å². The van der Waals surface area contributed by atoms with Gasteiger partial charge in [-0.25, -0.2) is 0 Å². The number of phenolic OH excluding ortho intramolecular Hbond substituents is 1. The van der Waals surface area contributed by atoms with Gasteiger partial charge in [-0.3, -0.25) is 9.69 Å². The van der Waals surface area contributed by atoms with E-state index in [1.54, 1.807) is 36.4 Å². The number of aliphatic hydroxyl groups is 1. The highest BCUT2D eigenvalue weighted by atomic mass is 32.2. The molecule has 2 aromatic rings. The number of hydrogen-bond acceptors (Lipinski definition) is 7. The van der Waals surface area contributed by atoms with Crippen molar-refractivity contribution >= 4 is 17.7 Å². The Kier molecular flexibility index (Phi) is 5.56. The first-order valence-electron chi connectivity index (χ1n) is 9.85. The minimum Gasteiger partial charge on any atom is -0.504 e. The van der Waals surface area contributed by atoms with Gasteiger partial charge < -0.3 is 19.7 Å². The van der Waals surface area contributed by atoms with Crippen LogP contribution in [-0.2, 0) is 10.5 Å². The summed E-state index contributed by atoms with van der Waals surface area (Å²) in [6, 6.07) is 14.0. The number of carbonyl (C=O) groups excluding carboxylic acids is 1. The molecule has 1 saturated heterocycles. The predicted molar refractivity (Wildman–Crippen MR) is 115 cm³/mol. The number of methoxy groups -OCH3 is 1. The van der Waals surface area contributed by atoms with Crippen LogP contribution in [0, 0.1) is 11.3 Å². The first-order valence-corrected chi connectivity index (χ1v) is 10.8. The van der Waals surface area contributed by atoms with Crippen molar-refractivity contribution in [1.29, 1.82) is 5.26 Å². The van der Waals surface area contributed by atoms with Crippen molar-refractivity contribution in [3.8, 4) is 23.3 Å². The summed E-state index contributed by atoms with van der Waals surface area (Å²) in [7, 11) is 1.44. The lowest BCUT2D eigenvalue weighted by molar-refractivity contribution is -0.149. The quantitative estimate of drug-likeness (QED) is 0.737. The number of ether oxygens (including phenoxy) is 2. The highest BCUT2D eigenvalue weighted by Crippen LogP contribution is 2.52. The molecule has 2 heterocycles. The fourth-order valence-electron chi connectivity index (χ4n) is 4.02. The molecule has 0 bridgehead atoms. The molecule has 0 aliphatic carbocycles. The maximum Gasteiger partial charge on any atom is 0.231 e. The molecule has 2 aliphatic rings. The molecule has 2 aliphatic heterocycles. The maximum absolute atomic E-state index is 13.2. The van der Waals surface area contributed by atoms with Crippen molar-refractivity contribution in [2.75, 3.05) is 19.5 Å². The van der Waals surface area contributed by atoms with Gasteiger partial charge in [-0.2, -0.15) is 5.26 Å². The van der Waals surface area contributed by atoms with Crippen LogP contribution in [0.2, 0.25) is 0 Å². The van der Waals surface area contributed by atoms with Gasteiger partial charge in [0.05, 0.1) is 36.1 Å². The number of aromatic hydroxyl groups is 1. The van der Waals surface area contributed by atoms with Gasteiger partial charge in [-0.15, -0.1) is 11.8 Å². The molecule has 1 amide bonds. The fraction of sp³-hybridized carbons (Fsp3) is 0.304. The fourth-order valence-corrected chi connectivity index (χ4v) is 5.38. The summed E-state index contributed by atoms with van der Waals surface area (Å²) in [6.07, 6.45) is 0.0280. The minimum atomic E-state index is -1.54. The van der Waals surface area contributed by atoms with Crippen LogP contribution in [0.5, 0.6) is 17.2 Å². The highest BCUT2D eigenvalue weighted by Gasteiger charge is 2.51. The van der Waals surface area contributed by atoms with Crippen molar-refractivity contribution in [2.24, 2.45) is 0 Å². The van der Waals surface area contributed by atoms with Crippen LogP contribution in [-0.4, -0.2) is 40.5 Å². The molecule has 2 N–H and O–H groups in total. The summed E-state index contributed by atoms with van der Waals surface area (Å²) >= 11 is 1.29. The lowest BCUT2D eigenvalue weighted by atomic mass is 9.85. The molecule has 2 unspecified atom stereocenters. The van der Waals surface area contributed by atoms with Crippen LogP contribution in [0.1, 0.15) is 30.4 Å². The van der Waals surface area contributed by atoms with Gasteiger partial charge in [0.15, 0.2) is 17.2 Å². The zero-order chi connectivity index (χ0) is 22.2. The van der Waals surface area contributed by atoms with Crippen molar-refractivity contribution < 1.29 is 24.5 Å². The Bertz CT molecular complexity index is 1090. The molecule has 7 nitrogen and oxygen atoms in total. The zero-order valence-electron chi connectivity index (χ0n) is 17.2. The van der Waals surface area contributed by atoms with E-state index in [-0.39, 0.29) is 29.6 Å². The normalized spacial score (nSPS) is 22.8. The standard InChI is InChI=1S/C23H22N2O5S/c1-3-30-16-7-5-15(6-8-16)23(28)13-31-22-18(12-24)17(11-21(27)25(22)23)14-4-9-19(26)20(10-14)29-2/h4-10,17,26,28H,3,11,13H2,1-2H3. The number of allylic oxidation sites excluding steroid dienone is 1. The number of benzene rings is 2. The first kappa shape index (κ1) is 21.1. The number of carbonyl (C=O) groups is 1. The van der Waals surface area contributed by atoms with Crippen molar-refractivity contribution in [3.63, 3.8) is 0 Å². The third-order valence-corrected chi connectivity index (χ3v) is 6.77. The largest absolute Gasteiger partial charge is 0.504 e. The molecule has 31 heavy (non-hydrogen) atoms. The first-order chi connectivity index (χ1) is 14.9. The van der Waals surface area contributed by atoms with Gasteiger partial charge in [0, 0.05) is 17.9 Å². The number of nitriles is 1. The Morgan fingerprint density at radius 3 is 2.68 bits per heavy atom. The van der Waals surface area contributed by atoms with Crippen molar-refractivity contribution in [1.82, 2.24) is 4.90 Å². The van der Waals surface area contributed by atoms with Crippen molar-refractivity contribution in [3.05, 3.63) is 64.2 Å². The van der Waals surface area contributed by atoms with Gasteiger partial charge in [0.1, 0.15) is 5.75 Å². The highest BCUT2D eigenvalue weighted by molar-refractivity contribution is 8.03. The Labute approximate surface area is 184 Å². The van der Waals surface area contributed by atoms with E-state index in [4.69, 9.17) is 9.47 Å². The Morgan fingerprint density at radius 2 is 2.03 bits per heavy atom. The summed E-state index contributed by atoms with van der Waals surface area (Å²) < 4.78 is 10.6. The van der Waals surface area contributed by atoms with Crippen LogP contribution in [0.4, 0.5) is 0 Å². The number of hydrogen-bond donors (Lipinski definition) is 2. The van der Waals surface area contributed by atoms with Gasteiger partial charge in [0.2, 0.25) is 5.91 Å².